The van der Waals surface area contributed by atoms with Crippen LogP contribution in [-0.2, 0) is 13.2 Å². The van der Waals surface area contributed by atoms with E-state index < -0.39 is 0 Å². The number of aryl methyl sites for hydroxylation is 1. The van der Waals surface area contributed by atoms with Gasteiger partial charge in [-0.1, -0.05) is 24.2 Å². The van der Waals surface area contributed by atoms with Crippen LogP contribution in [0.15, 0.2) is 28.8 Å². The van der Waals surface area contributed by atoms with E-state index >= 15 is 0 Å². The predicted molar refractivity (Wildman–Crippen MR) is 71.8 cm³/mol. The third-order valence-electron chi connectivity index (χ3n) is 2.59. The molecule has 0 saturated heterocycles. The highest BCUT2D eigenvalue weighted by Gasteiger charge is 2.04. The Morgan fingerprint density at radius 3 is 3.00 bits per heavy atom. The van der Waals surface area contributed by atoms with Gasteiger partial charge in [0.25, 0.3) is 5.89 Å². The summed E-state index contributed by atoms with van der Waals surface area (Å²) in [5.41, 5.74) is 1.20. The summed E-state index contributed by atoms with van der Waals surface area (Å²) in [5, 5.41) is 7.08. The Labute approximate surface area is 113 Å². The second-order valence-corrected chi connectivity index (χ2v) is 4.35. The molecule has 1 heterocycles. The fourth-order valence-electron chi connectivity index (χ4n) is 1.70. The minimum atomic E-state index is 0.298. The summed E-state index contributed by atoms with van der Waals surface area (Å²) in [4.78, 5) is 4.09. The zero-order valence-electron chi connectivity index (χ0n) is 11.3. The SMILES string of the molecule is CCCNCc1cccc(OCc2nc(C)no2)c1. The average molecular weight is 261 g/mol. The highest BCUT2D eigenvalue weighted by atomic mass is 16.5. The van der Waals surface area contributed by atoms with Crippen molar-refractivity contribution < 1.29 is 9.26 Å². The zero-order chi connectivity index (χ0) is 13.5. The molecule has 0 saturated carbocycles. The van der Waals surface area contributed by atoms with Gasteiger partial charge >= 0.3 is 0 Å². The summed E-state index contributed by atoms with van der Waals surface area (Å²) in [6.45, 7) is 6.11. The molecule has 5 heteroatoms. The lowest BCUT2D eigenvalue weighted by Crippen LogP contribution is -2.13. The summed E-state index contributed by atoms with van der Waals surface area (Å²) in [6, 6.07) is 8.00. The predicted octanol–water partition coefficient (Wildman–Crippen LogP) is 2.46. The average Bonchev–Trinajstić information content (AvgIpc) is 2.83. The van der Waals surface area contributed by atoms with Gasteiger partial charge in [-0.15, -0.1) is 0 Å². The number of rotatable bonds is 7. The van der Waals surface area contributed by atoms with Crippen LogP contribution >= 0.6 is 0 Å². The largest absolute Gasteiger partial charge is 0.484 e. The van der Waals surface area contributed by atoms with Crippen LogP contribution in [0.1, 0.15) is 30.6 Å². The highest BCUT2D eigenvalue weighted by molar-refractivity contribution is 5.28. The molecule has 1 N–H and O–H groups in total. The molecule has 5 nitrogen and oxygen atoms in total. The van der Waals surface area contributed by atoms with Crippen molar-refractivity contribution in [2.75, 3.05) is 6.54 Å². The van der Waals surface area contributed by atoms with Crippen molar-refractivity contribution in [1.29, 1.82) is 0 Å². The van der Waals surface area contributed by atoms with E-state index in [4.69, 9.17) is 9.26 Å². The lowest BCUT2D eigenvalue weighted by atomic mass is 10.2. The van der Waals surface area contributed by atoms with E-state index in [2.05, 4.69) is 28.4 Å². The van der Waals surface area contributed by atoms with Crippen molar-refractivity contribution in [1.82, 2.24) is 15.5 Å². The van der Waals surface area contributed by atoms with Crippen LogP contribution in [0.2, 0.25) is 0 Å². The Bertz CT molecular complexity index is 511. The molecule has 0 fully saturated rings. The van der Waals surface area contributed by atoms with Crippen LogP contribution in [0.25, 0.3) is 0 Å². The molecule has 1 aromatic heterocycles. The maximum Gasteiger partial charge on any atom is 0.264 e. The number of nitrogens with one attached hydrogen (secondary N) is 1. The molecular formula is C14H19N3O2. The van der Waals surface area contributed by atoms with E-state index in [1.165, 1.54) is 5.56 Å². The van der Waals surface area contributed by atoms with Gasteiger partial charge in [-0.3, -0.25) is 0 Å². The van der Waals surface area contributed by atoms with Crippen molar-refractivity contribution >= 4 is 0 Å². The molecule has 2 rings (SSSR count). The standard InChI is InChI=1S/C14H19N3O2/c1-3-7-15-9-12-5-4-6-13(8-12)18-10-14-16-11(2)17-19-14/h4-6,8,15H,3,7,9-10H2,1-2H3. The van der Waals surface area contributed by atoms with Crippen LogP contribution in [0.4, 0.5) is 0 Å². The van der Waals surface area contributed by atoms with Gasteiger partial charge in [-0.25, -0.2) is 0 Å². The fraction of sp³-hybridized carbons (Fsp3) is 0.429. The zero-order valence-corrected chi connectivity index (χ0v) is 11.3. The van der Waals surface area contributed by atoms with E-state index in [0.717, 1.165) is 25.3 Å². The fourth-order valence-corrected chi connectivity index (χ4v) is 1.70. The van der Waals surface area contributed by atoms with E-state index in [-0.39, 0.29) is 0 Å². The van der Waals surface area contributed by atoms with Crippen molar-refractivity contribution in [2.24, 2.45) is 0 Å². The molecule has 0 amide bonds. The summed E-state index contributed by atoms with van der Waals surface area (Å²) in [7, 11) is 0. The second-order valence-electron chi connectivity index (χ2n) is 4.35. The first-order valence-corrected chi connectivity index (χ1v) is 6.49. The van der Waals surface area contributed by atoms with Crippen molar-refractivity contribution in [2.45, 2.75) is 33.4 Å². The van der Waals surface area contributed by atoms with Gasteiger partial charge in [0, 0.05) is 6.54 Å². The van der Waals surface area contributed by atoms with Crippen molar-refractivity contribution in [3.05, 3.63) is 41.5 Å². The van der Waals surface area contributed by atoms with Gasteiger partial charge in [0.2, 0.25) is 0 Å². The van der Waals surface area contributed by atoms with Crippen LogP contribution in [0, 0.1) is 6.92 Å². The topological polar surface area (TPSA) is 60.2 Å². The lowest BCUT2D eigenvalue weighted by molar-refractivity contribution is 0.242. The van der Waals surface area contributed by atoms with E-state index in [0.29, 0.717) is 18.3 Å². The van der Waals surface area contributed by atoms with Gasteiger partial charge in [0.1, 0.15) is 5.75 Å². The Balaban J connectivity index is 1.87. The number of hydrogen-bond donors (Lipinski definition) is 1. The van der Waals surface area contributed by atoms with Gasteiger partial charge in [-0.05, 0) is 37.6 Å². The number of nitrogens with zero attached hydrogens (tertiary/aromatic N) is 2. The summed E-state index contributed by atoms with van der Waals surface area (Å²) in [6.07, 6.45) is 1.13. The molecule has 0 aliphatic carbocycles. The van der Waals surface area contributed by atoms with E-state index in [1.54, 1.807) is 6.92 Å². The Kier molecular flexibility index (Phi) is 4.92. The van der Waals surface area contributed by atoms with E-state index in [1.807, 2.05) is 18.2 Å². The minimum absolute atomic E-state index is 0.298. The normalized spacial score (nSPS) is 10.6. The van der Waals surface area contributed by atoms with Crippen molar-refractivity contribution in [3.63, 3.8) is 0 Å². The monoisotopic (exact) mass is 261 g/mol. The molecule has 2 aromatic rings. The molecule has 0 unspecified atom stereocenters. The molecule has 0 bridgehead atoms. The minimum Gasteiger partial charge on any atom is -0.484 e. The second kappa shape index (κ2) is 6.89. The van der Waals surface area contributed by atoms with Crippen LogP contribution in [0.3, 0.4) is 0 Å². The Morgan fingerprint density at radius 1 is 1.37 bits per heavy atom. The smallest absolute Gasteiger partial charge is 0.264 e. The number of ether oxygens (including phenoxy) is 1. The van der Waals surface area contributed by atoms with Gasteiger partial charge in [0.05, 0.1) is 0 Å². The Hall–Kier alpha value is -1.88. The Morgan fingerprint density at radius 2 is 2.26 bits per heavy atom. The highest BCUT2D eigenvalue weighted by Crippen LogP contribution is 2.14. The molecule has 0 aliphatic rings. The third-order valence-corrected chi connectivity index (χ3v) is 2.59. The van der Waals surface area contributed by atoms with Crippen molar-refractivity contribution in [3.8, 4) is 5.75 Å². The number of aromatic nitrogens is 2. The molecule has 102 valence electrons. The van der Waals surface area contributed by atoms with Gasteiger partial charge in [-0.2, -0.15) is 4.98 Å². The molecule has 0 radical (unpaired) electrons. The summed E-state index contributed by atoms with van der Waals surface area (Å²) in [5.74, 6) is 1.93. The maximum atomic E-state index is 5.63. The number of hydrogen-bond acceptors (Lipinski definition) is 5. The summed E-state index contributed by atoms with van der Waals surface area (Å²) < 4.78 is 10.6. The molecule has 0 atom stereocenters. The molecule has 0 aliphatic heterocycles. The third kappa shape index (κ3) is 4.37. The van der Waals surface area contributed by atoms with Crippen LogP contribution in [-0.4, -0.2) is 16.7 Å². The van der Waals surface area contributed by atoms with Crippen LogP contribution < -0.4 is 10.1 Å². The van der Waals surface area contributed by atoms with Gasteiger partial charge < -0.3 is 14.6 Å². The lowest BCUT2D eigenvalue weighted by Gasteiger charge is -2.07. The first-order chi connectivity index (χ1) is 9.28. The quantitative estimate of drug-likeness (QED) is 0.776. The first-order valence-electron chi connectivity index (χ1n) is 6.49. The molecular weight excluding hydrogens is 242 g/mol. The van der Waals surface area contributed by atoms with Crippen LogP contribution in [0.5, 0.6) is 5.75 Å². The van der Waals surface area contributed by atoms with Gasteiger partial charge in [0.15, 0.2) is 12.4 Å². The molecule has 1 aromatic carbocycles. The van der Waals surface area contributed by atoms with E-state index in [9.17, 15) is 0 Å². The summed E-state index contributed by atoms with van der Waals surface area (Å²) >= 11 is 0. The molecule has 19 heavy (non-hydrogen) atoms. The molecule has 0 spiro atoms. The first kappa shape index (κ1) is 13.5. The number of benzene rings is 1. The maximum absolute atomic E-state index is 5.63.